The zero-order chi connectivity index (χ0) is 44.8. The molecule has 0 aliphatic carbocycles. The molecule has 9 rings (SSSR count). The van der Waals surface area contributed by atoms with E-state index in [1.54, 1.807) is 23.9 Å². The van der Waals surface area contributed by atoms with Crippen LogP contribution in [0.4, 0.5) is 5.69 Å². The largest absolute Gasteiger partial charge is 0.480 e. The first-order chi connectivity index (χ1) is 30.3. The van der Waals surface area contributed by atoms with Crippen molar-refractivity contribution < 1.29 is 24.7 Å². The SMILES string of the molecule is Cn1cc(CC(N)C(=O)O)c2c([N+](=O)[O-])ccc(-c3ccccc3)c21.Cn1cc(CC(N)C(=O)O)c2cccc(-c3ccccc3)c21.Cn1ccc2cccc(-c3ccccc3)c21. The van der Waals surface area contributed by atoms with Crippen LogP contribution in [-0.2, 0) is 43.6 Å². The summed E-state index contributed by atoms with van der Waals surface area (Å²) < 4.78 is 6.01. The lowest BCUT2D eigenvalue weighted by Gasteiger charge is -2.08. The Kier molecular flexibility index (Phi) is 13.0. The third kappa shape index (κ3) is 9.27. The molecule has 2 unspecified atom stereocenters. The third-order valence-corrected chi connectivity index (χ3v) is 11.1. The van der Waals surface area contributed by atoms with Gasteiger partial charge in [-0.1, -0.05) is 127 Å². The lowest BCUT2D eigenvalue weighted by atomic mass is 9.98. The number of carboxylic acids is 2. The minimum atomic E-state index is -1.14. The fourth-order valence-electron chi connectivity index (χ4n) is 8.20. The van der Waals surface area contributed by atoms with Crippen molar-refractivity contribution >= 4 is 50.3 Å². The van der Waals surface area contributed by atoms with Gasteiger partial charge in [0, 0.05) is 86.1 Å². The van der Waals surface area contributed by atoms with E-state index in [4.69, 9.17) is 21.7 Å². The van der Waals surface area contributed by atoms with Crippen LogP contribution in [0.1, 0.15) is 11.1 Å². The predicted molar refractivity (Wildman–Crippen MR) is 250 cm³/mol. The normalized spacial score (nSPS) is 12.0. The van der Waals surface area contributed by atoms with Gasteiger partial charge in [0.05, 0.1) is 26.9 Å². The van der Waals surface area contributed by atoms with Crippen molar-refractivity contribution in [3.8, 4) is 33.4 Å². The van der Waals surface area contributed by atoms with Crippen LogP contribution in [0.25, 0.3) is 66.1 Å². The Bertz CT molecular complexity index is 3060. The van der Waals surface area contributed by atoms with Crippen molar-refractivity contribution in [3.05, 3.63) is 185 Å². The first-order valence-electron chi connectivity index (χ1n) is 20.3. The number of fused-ring (bicyclic) bond motifs is 3. The number of aryl methyl sites for hydroxylation is 3. The highest BCUT2D eigenvalue weighted by atomic mass is 16.6. The molecule has 6 aromatic carbocycles. The molecule has 0 amide bonds. The standard InChI is InChI=1S/C18H17N3O4.C18H18N2O2.C15H13N/c1-20-10-12(9-14(19)18(22)23)16-15(21(24)25)8-7-13(17(16)20)11-5-3-2-4-6-11;1-20-11-13(10-16(19)18(21)22)15-9-5-8-14(17(15)20)12-6-3-2-4-7-12;1-16-11-10-13-8-5-9-14(15(13)16)12-6-3-2-4-7-12/h2-8,10,14H,9,19H2,1H3,(H,22,23);2-9,11,16H,10,19H2,1H3,(H,21,22);2-11H,1H3. The van der Waals surface area contributed by atoms with E-state index in [0.29, 0.717) is 22.9 Å². The van der Waals surface area contributed by atoms with Crippen molar-refractivity contribution in [1.82, 2.24) is 13.7 Å². The number of nitro groups is 1. The van der Waals surface area contributed by atoms with Gasteiger partial charge in [0.1, 0.15) is 12.1 Å². The number of benzene rings is 6. The lowest BCUT2D eigenvalue weighted by molar-refractivity contribution is -0.383. The fourth-order valence-corrected chi connectivity index (χ4v) is 8.20. The summed E-state index contributed by atoms with van der Waals surface area (Å²) in [7, 11) is 5.85. The number of aromatic nitrogens is 3. The van der Waals surface area contributed by atoms with Gasteiger partial charge in [-0.3, -0.25) is 19.7 Å². The summed E-state index contributed by atoms with van der Waals surface area (Å²) in [4.78, 5) is 33.1. The molecule has 318 valence electrons. The van der Waals surface area contributed by atoms with Crippen molar-refractivity contribution in [1.29, 1.82) is 0 Å². The zero-order valence-electron chi connectivity index (χ0n) is 35.1. The number of non-ortho nitro benzene ring substituents is 1. The molecule has 9 aromatic rings. The topological polar surface area (TPSA) is 185 Å². The van der Waals surface area contributed by atoms with Crippen molar-refractivity contribution in [2.45, 2.75) is 24.9 Å². The van der Waals surface area contributed by atoms with Gasteiger partial charge in [0.15, 0.2) is 0 Å². The second kappa shape index (κ2) is 18.9. The smallest absolute Gasteiger partial charge is 0.320 e. The number of carbonyl (C=O) groups is 2. The first-order valence-corrected chi connectivity index (χ1v) is 20.3. The van der Waals surface area contributed by atoms with Crippen LogP contribution < -0.4 is 11.5 Å². The summed E-state index contributed by atoms with van der Waals surface area (Å²) in [6.07, 6.45) is 6.14. The monoisotopic (exact) mass is 840 g/mol. The average Bonchev–Trinajstić information content (AvgIpc) is 3.95. The third-order valence-electron chi connectivity index (χ3n) is 11.1. The molecular formula is C51H48N6O6. The van der Waals surface area contributed by atoms with Crippen molar-refractivity contribution in [2.24, 2.45) is 32.6 Å². The molecule has 12 nitrogen and oxygen atoms in total. The molecule has 0 spiro atoms. The van der Waals surface area contributed by atoms with Crippen LogP contribution in [-0.4, -0.2) is 52.9 Å². The van der Waals surface area contributed by atoms with E-state index in [2.05, 4.69) is 90.6 Å². The van der Waals surface area contributed by atoms with Crippen LogP contribution in [0, 0.1) is 10.1 Å². The molecule has 0 aliphatic heterocycles. The molecule has 6 N–H and O–H groups in total. The van der Waals surface area contributed by atoms with E-state index >= 15 is 0 Å². The van der Waals surface area contributed by atoms with E-state index in [-0.39, 0.29) is 12.1 Å². The van der Waals surface area contributed by atoms with Gasteiger partial charge in [-0.25, -0.2) is 0 Å². The summed E-state index contributed by atoms with van der Waals surface area (Å²) in [6.45, 7) is 0. The summed E-state index contributed by atoms with van der Waals surface area (Å²) >= 11 is 0. The Hall–Kier alpha value is -7.80. The highest BCUT2D eigenvalue weighted by Crippen LogP contribution is 2.38. The number of para-hydroxylation sites is 2. The number of nitrogens with zero attached hydrogens (tertiary/aromatic N) is 4. The van der Waals surface area contributed by atoms with Crippen molar-refractivity contribution in [2.75, 3.05) is 0 Å². The van der Waals surface area contributed by atoms with Crippen LogP contribution in [0.5, 0.6) is 0 Å². The Labute approximate surface area is 364 Å². The van der Waals surface area contributed by atoms with Crippen LogP contribution >= 0.6 is 0 Å². The number of hydrogen-bond acceptors (Lipinski definition) is 6. The highest BCUT2D eigenvalue weighted by molar-refractivity contribution is 6.02. The molecular weight excluding hydrogens is 793 g/mol. The summed E-state index contributed by atoms with van der Waals surface area (Å²) in [5.41, 5.74) is 22.5. The number of rotatable bonds is 10. The number of hydrogen-bond donors (Lipinski definition) is 4. The fraction of sp³-hybridized carbons (Fsp3) is 0.137. The van der Waals surface area contributed by atoms with Gasteiger partial charge in [0.25, 0.3) is 5.69 Å². The Morgan fingerprint density at radius 1 is 0.556 bits per heavy atom. The van der Waals surface area contributed by atoms with Crippen LogP contribution in [0.2, 0.25) is 0 Å². The summed E-state index contributed by atoms with van der Waals surface area (Å²) in [5.74, 6) is -2.12. The molecule has 0 aliphatic rings. The Morgan fingerprint density at radius 2 is 1.02 bits per heavy atom. The van der Waals surface area contributed by atoms with Crippen LogP contribution in [0.3, 0.4) is 0 Å². The number of aliphatic carboxylic acids is 2. The summed E-state index contributed by atoms with van der Waals surface area (Å²) in [6, 6.07) is 46.1. The molecule has 0 saturated heterocycles. The Morgan fingerprint density at radius 3 is 1.54 bits per heavy atom. The summed E-state index contributed by atoms with van der Waals surface area (Å²) in [5, 5.41) is 32.4. The Balaban J connectivity index is 0.000000145. The zero-order valence-corrected chi connectivity index (χ0v) is 35.1. The van der Waals surface area contributed by atoms with E-state index < -0.39 is 28.9 Å². The van der Waals surface area contributed by atoms with Gasteiger partial charge in [0.2, 0.25) is 0 Å². The highest BCUT2D eigenvalue weighted by Gasteiger charge is 2.25. The molecule has 3 heterocycles. The molecule has 0 fully saturated rings. The molecule has 3 aromatic heterocycles. The van der Waals surface area contributed by atoms with Gasteiger partial charge in [-0.2, -0.15) is 0 Å². The minimum absolute atomic E-state index is 0.0196. The van der Waals surface area contributed by atoms with Gasteiger partial charge < -0.3 is 35.4 Å². The van der Waals surface area contributed by atoms with E-state index in [1.165, 1.54) is 28.1 Å². The lowest BCUT2D eigenvalue weighted by Crippen LogP contribution is -2.32. The van der Waals surface area contributed by atoms with Gasteiger partial charge in [-0.15, -0.1) is 0 Å². The second-order valence-electron chi connectivity index (χ2n) is 15.4. The minimum Gasteiger partial charge on any atom is -0.480 e. The second-order valence-corrected chi connectivity index (χ2v) is 15.4. The number of nitrogens with two attached hydrogens (primary N) is 2. The van der Waals surface area contributed by atoms with E-state index in [9.17, 15) is 19.7 Å². The maximum Gasteiger partial charge on any atom is 0.320 e. The maximum atomic E-state index is 11.5. The first kappa shape index (κ1) is 43.3. The van der Waals surface area contributed by atoms with Crippen molar-refractivity contribution in [3.63, 3.8) is 0 Å². The molecule has 63 heavy (non-hydrogen) atoms. The molecule has 12 heteroatoms. The van der Waals surface area contributed by atoms with Gasteiger partial charge >= 0.3 is 11.9 Å². The quantitative estimate of drug-likeness (QED) is 0.0775. The van der Waals surface area contributed by atoms with E-state index in [1.807, 2.05) is 78.5 Å². The van der Waals surface area contributed by atoms with E-state index in [0.717, 1.165) is 38.7 Å². The molecule has 0 bridgehead atoms. The molecule has 0 saturated carbocycles. The number of carboxylic acid groups (broad SMARTS) is 2. The van der Waals surface area contributed by atoms with Gasteiger partial charge in [-0.05, 0) is 39.9 Å². The predicted octanol–water partition coefficient (Wildman–Crippen LogP) is 9.35. The average molecular weight is 841 g/mol. The molecule has 2 atom stereocenters. The maximum absolute atomic E-state index is 11.5. The number of nitro benzene ring substituents is 1. The molecule has 0 radical (unpaired) electrons. The van der Waals surface area contributed by atoms with Crippen LogP contribution in [0.15, 0.2) is 164 Å².